The molecule has 10 heterocycles. The molecule has 108 heavy (non-hydrogen) atoms. The van der Waals surface area contributed by atoms with E-state index in [0.29, 0.717) is 34.5 Å². The van der Waals surface area contributed by atoms with E-state index in [1.54, 1.807) is 71.3 Å². The van der Waals surface area contributed by atoms with Crippen LogP contribution in [0.4, 0.5) is 0 Å². The van der Waals surface area contributed by atoms with Gasteiger partial charge >= 0.3 is 63.2 Å². The number of benzene rings is 8. The fraction of sp³-hybridized carbons (Fsp3) is 0. The Morgan fingerprint density at radius 1 is 0.204 bits per heavy atom. The van der Waals surface area contributed by atoms with E-state index < -0.39 is 0 Å². The second kappa shape index (κ2) is 35.2. The third-order valence-corrected chi connectivity index (χ3v) is 16.3. The van der Waals surface area contributed by atoms with Crippen molar-refractivity contribution in [1.82, 2.24) is 78.6 Å². The quantitative estimate of drug-likeness (QED) is 0.0739. The summed E-state index contributed by atoms with van der Waals surface area (Å²) in [6.45, 7) is 0. The normalized spacial score (nSPS) is 10.6. The summed E-state index contributed by atoms with van der Waals surface area (Å²) in [5.74, 6) is 3.35. The molecule has 8 aromatic carbocycles. The largest absolute Gasteiger partial charge is 2.00 e. The molecule has 0 radical (unpaired) electrons. The molecular formula is C86H56N16O3Pt3. The van der Waals surface area contributed by atoms with E-state index in [4.69, 9.17) is 14.2 Å². The zero-order chi connectivity index (χ0) is 70.4. The van der Waals surface area contributed by atoms with E-state index in [1.165, 1.54) is 0 Å². The zero-order valence-electron chi connectivity index (χ0n) is 56.7. The number of hydrogen-bond acceptors (Lipinski definition) is 13. The Morgan fingerprint density at radius 3 is 0.713 bits per heavy atom. The number of hydrogen-bond donors (Lipinski definition) is 0. The Bertz CT molecular complexity index is 4950. The molecule has 0 aliphatic heterocycles. The monoisotopic (exact) mass is 1950 g/mol. The minimum atomic E-state index is 0. The van der Waals surface area contributed by atoms with E-state index >= 15 is 0 Å². The van der Waals surface area contributed by atoms with Crippen molar-refractivity contribution in [2.45, 2.75) is 0 Å². The van der Waals surface area contributed by atoms with E-state index in [0.717, 1.165) is 102 Å². The molecule has 0 aliphatic carbocycles. The second-order valence-electron chi connectivity index (χ2n) is 23.1. The third kappa shape index (κ3) is 17.1. The van der Waals surface area contributed by atoms with Crippen LogP contribution < -0.4 is 14.2 Å². The number of rotatable bonds is 18. The van der Waals surface area contributed by atoms with Gasteiger partial charge in [-0.3, -0.25) is 48.0 Å². The van der Waals surface area contributed by atoms with Gasteiger partial charge in [-0.1, -0.05) is 72.8 Å². The van der Waals surface area contributed by atoms with Crippen molar-refractivity contribution in [3.63, 3.8) is 0 Å². The van der Waals surface area contributed by atoms with Gasteiger partial charge in [-0.2, -0.15) is 67.0 Å². The van der Waals surface area contributed by atoms with Gasteiger partial charge in [0.15, 0.2) is 0 Å². The van der Waals surface area contributed by atoms with Gasteiger partial charge in [0.05, 0.1) is 45.6 Å². The Hall–Kier alpha value is -12.9. The first kappa shape index (κ1) is 73.4. The summed E-state index contributed by atoms with van der Waals surface area (Å²) in [6.07, 6.45) is 21.2. The second-order valence-corrected chi connectivity index (χ2v) is 23.1. The summed E-state index contributed by atoms with van der Waals surface area (Å²) in [7, 11) is 0. The van der Waals surface area contributed by atoms with Crippen LogP contribution in [0.2, 0.25) is 0 Å². The zero-order valence-corrected chi connectivity index (χ0v) is 63.5. The third-order valence-electron chi connectivity index (χ3n) is 16.3. The topological polar surface area (TPSA) is 186 Å². The number of ether oxygens (including phenoxy) is 3. The summed E-state index contributed by atoms with van der Waals surface area (Å²) in [6, 6.07) is 106. The van der Waals surface area contributed by atoms with E-state index in [2.05, 4.69) is 111 Å². The van der Waals surface area contributed by atoms with Gasteiger partial charge in [0, 0.05) is 131 Å². The fourth-order valence-electron chi connectivity index (χ4n) is 11.6. The van der Waals surface area contributed by atoms with Crippen molar-refractivity contribution in [3.8, 4) is 136 Å². The summed E-state index contributed by atoms with van der Waals surface area (Å²) in [5.41, 5.74) is 15.9. The van der Waals surface area contributed by atoms with Gasteiger partial charge in [0.25, 0.3) is 0 Å². The van der Waals surface area contributed by atoms with Gasteiger partial charge in [0.2, 0.25) is 0 Å². The standard InChI is InChI=1S/C30H20N4O.2C28H18N6O.3Pt/c1-3-9-23(10-4-1)29-17-19-31-33(29)25-13-7-15-27(21-25)35-28-16-8-14-26(22-28)34-30(18-20-32-34)24-11-5-2-6-12-24;1-7-23(33-27(11-15-31-33)21-5-3-13-29-19-21)17-25(9-1)35-26-10-2-8-24(18-26)34-28(12-16-32-34)22-6-4-14-30-20-22;1-3-15-29-25(11-1)27-13-17-31-33(27)21-7-5-9-23(19-21)35-24-10-6-8-22(20-24)34-28(14-18-32-34)26-12-2-4-16-30-26;;;/h1-20H;1-16,19-20H;1-18H;;;/q3*-2;3*+2. The van der Waals surface area contributed by atoms with Crippen molar-refractivity contribution >= 4 is 0 Å². The predicted octanol–water partition coefficient (Wildman–Crippen LogP) is 17.9. The van der Waals surface area contributed by atoms with Crippen LogP contribution in [0.1, 0.15) is 0 Å². The van der Waals surface area contributed by atoms with Crippen LogP contribution in [0.15, 0.2) is 341 Å². The van der Waals surface area contributed by atoms with Gasteiger partial charge in [-0.05, 0) is 119 Å². The van der Waals surface area contributed by atoms with Crippen LogP contribution in [0, 0.1) is 36.4 Å². The van der Waals surface area contributed by atoms with Crippen LogP contribution in [0.25, 0.3) is 102 Å². The van der Waals surface area contributed by atoms with Crippen LogP contribution in [0.3, 0.4) is 0 Å². The smallest absolute Gasteiger partial charge is 0.509 e. The molecule has 0 fully saturated rings. The van der Waals surface area contributed by atoms with E-state index in [9.17, 15) is 0 Å². The number of aromatic nitrogens is 16. The van der Waals surface area contributed by atoms with Crippen LogP contribution in [-0.2, 0) is 63.2 Å². The van der Waals surface area contributed by atoms with Crippen molar-refractivity contribution in [2.75, 3.05) is 0 Å². The SMILES string of the molecule is [Pt+2].[Pt+2].[Pt+2].[c-]1c(Oc2[c-]c(-n3nccc3-c3ccccc3)ccc2)cccc1-n1nccc1-c1ccccc1.[c-]1c(Oc2[c-]c(-n3nccc3-c3ccccn3)ccc2)cccc1-n1nccc1-c1ccccn1.[c-]1c(Oc2[c-]c(-n3nccc3-c3cccnc3)ccc2)cccc1-n1nccc1-c1cccnc1. The minimum Gasteiger partial charge on any atom is -0.509 e. The molecule has 528 valence electrons. The molecule has 0 bridgehead atoms. The van der Waals surface area contributed by atoms with Crippen LogP contribution >= 0.6 is 0 Å². The summed E-state index contributed by atoms with van der Waals surface area (Å²) in [5, 5.41) is 26.9. The maximum absolute atomic E-state index is 6.15. The van der Waals surface area contributed by atoms with Gasteiger partial charge in [0.1, 0.15) is 0 Å². The molecule has 0 saturated heterocycles. The molecule has 0 unspecified atom stereocenters. The van der Waals surface area contributed by atoms with Crippen LogP contribution in [-0.4, -0.2) is 78.6 Å². The molecule has 18 rings (SSSR count). The molecule has 19 nitrogen and oxygen atoms in total. The first-order valence-electron chi connectivity index (χ1n) is 33.2. The average Bonchev–Trinajstić information content (AvgIpc) is 1.54. The summed E-state index contributed by atoms with van der Waals surface area (Å²) < 4.78 is 29.3. The van der Waals surface area contributed by atoms with Crippen molar-refractivity contribution in [3.05, 3.63) is 378 Å². The van der Waals surface area contributed by atoms with Gasteiger partial charge in [-0.25, -0.2) is 0 Å². The molecule has 0 spiro atoms. The average molecular weight is 1950 g/mol. The molecular weight excluding hydrogens is 1890 g/mol. The Balaban J connectivity index is 0.000000141. The Morgan fingerprint density at radius 2 is 0.454 bits per heavy atom. The molecule has 10 aromatic heterocycles. The Kier molecular flexibility index (Phi) is 24.0. The molecule has 0 amide bonds. The maximum atomic E-state index is 6.15. The Labute approximate surface area is 664 Å². The van der Waals surface area contributed by atoms with Gasteiger partial charge in [-0.15, -0.1) is 109 Å². The van der Waals surface area contributed by atoms with E-state index in [1.807, 2.05) is 274 Å². The molecule has 0 N–H and O–H groups in total. The van der Waals surface area contributed by atoms with E-state index in [-0.39, 0.29) is 63.2 Å². The predicted molar refractivity (Wildman–Crippen MR) is 398 cm³/mol. The molecule has 0 aliphatic rings. The summed E-state index contributed by atoms with van der Waals surface area (Å²) in [4.78, 5) is 17.3. The first-order valence-corrected chi connectivity index (χ1v) is 33.2. The van der Waals surface area contributed by atoms with Crippen molar-refractivity contribution in [2.24, 2.45) is 0 Å². The van der Waals surface area contributed by atoms with Crippen molar-refractivity contribution < 1.29 is 77.4 Å². The first-order chi connectivity index (χ1) is 52.0. The van der Waals surface area contributed by atoms with Crippen molar-refractivity contribution in [1.29, 1.82) is 0 Å². The van der Waals surface area contributed by atoms with Gasteiger partial charge < -0.3 is 14.2 Å². The fourth-order valence-corrected chi connectivity index (χ4v) is 11.6. The summed E-state index contributed by atoms with van der Waals surface area (Å²) >= 11 is 0. The molecule has 18 aromatic rings. The van der Waals surface area contributed by atoms with Crippen LogP contribution in [0.5, 0.6) is 34.5 Å². The number of pyridine rings is 4. The molecule has 0 saturated carbocycles. The number of nitrogens with zero attached hydrogens (tertiary/aromatic N) is 16. The minimum absolute atomic E-state index is 0. The maximum Gasteiger partial charge on any atom is 2.00 e. The molecule has 0 atom stereocenters. The molecule has 22 heteroatoms.